The van der Waals surface area contributed by atoms with Crippen LogP contribution in [0.25, 0.3) is 10.8 Å². The van der Waals surface area contributed by atoms with Crippen LogP contribution in [0.3, 0.4) is 0 Å². The zero-order chi connectivity index (χ0) is 24.1. The van der Waals surface area contributed by atoms with Crippen LogP contribution < -0.4 is 16.3 Å². The van der Waals surface area contributed by atoms with Gasteiger partial charge in [-0.3, -0.25) is 14.4 Å². The van der Waals surface area contributed by atoms with E-state index in [2.05, 4.69) is 26.0 Å². The topological polar surface area (TPSA) is 116 Å². The summed E-state index contributed by atoms with van der Waals surface area (Å²) in [6, 6.07) is 19.7. The van der Waals surface area contributed by atoms with Crippen molar-refractivity contribution in [2.24, 2.45) is 5.10 Å². The van der Waals surface area contributed by atoms with Gasteiger partial charge in [0, 0.05) is 16.5 Å². The van der Waals surface area contributed by atoms with Gasteiger partial charge in [-0.25, -0.2) is 14.9 Å². The predicted octanol–water partition coefficient (Wildman–Crippen LogP) is 3.07. The second kappa shape index (κ2) is 9.86. The lowest BCUT2D eigenvalue weighted by atomic mass is 10.0. The normalized spacial score (nSPS) is 12.2. The standard InChI is InChI=1S/C25H20FN5O3/c1-15(17-11-7-8-14-20(17)26)28-31-25(34)22(27-23(32)16-9-3-2-4-10-16)21-18-12-5-6-13-19(18)24(33)30-29-21/h2-14,22H,1H3,(H,27,32)(H,30,33)(H,31,34)/b28-15+. The van der Waals surface area contributed by atoms with Crippen LogP contribution in [0.15, 0.2) is 88.8 Å². The van der Waals surface area contributed by atoms with E-state index in [0.29, 0.717) is 16.3 Å². The molecule has 0 bridgehead atoms. The van der Waals surface area contributed by atoms with E-state index in [1.54, 1.807) is 73.7 Å². The maximum absolute atomic E-state index is 14.1. The molecule has 1 atom stereocenters. The molecule has 3 N–H and O–H groups in total. The zero-order valence-corrected chi connectivity index (χ0v) is 18.1. The average Bonchev–Trinajstić information content (AvgIpc) is 2.87. The first kappa shape index (κ1) is 22.5. The van der Waals surface area contributed by atoms with Crippen LogP contribution in [-0.2, 0) is 4.79 Å². The number of rotatable bonds is 6. The fraction of sp³-hybridized carbons (Fsp3) is 0.0800. The van der Waals surface area contributed by atoms with Gasteiger partial charge >= 0.3 is 0 Å². The van der Waals surface area contributed by atoms with Crippen molar-refractivity contribution in [1.82, 2.24) is 20.9 Å². The number of aromatic amines is 1. The molecular formula is C25H20FN5O3. The van der Waals surface area contributed by atoms with Crippen molar-refractivity contribution in [1.29, 1.82) is 0 Å². The van der Waals surface area contributed by atoms with E-state index < -0.39 is 29.2 Å². The number of hydrogen-bond acceptors (Lipinski definition) is 5. The van der Waals surface area contributed by atoms with Crippen LogP contribution in [0.2, 0.25) is 0 Å². The fourth-order valence-electron chi connectivity index (χ4n) is 3.44. The van der Waals surface area contributed by atoms with Gasteiger partial charge in [-0.1, -0.05) is 54.6 Å². The Hall–Kier alpha value is -4.66. The zero-order valence-electron chi connectivity index (χ0n) is 18.1. The summed E-state index contributed by atoms with van der Waals surface area (Å²) < 4.78 is 14.1. The van der Waals surface area contributed by atoms with Crippen LogP contribution in [-0.4, -0.2) is 27.7 Å². The predicted molar refractivity (Wildman–Crippen MR) is 126 cm³/mol. The molecule has 9 heteroatoms. The monoisotopic (exact) mass is 457 g/mol. The molecule has 8 nitrogen and oxygen atoms in total. The number of hydrazone groups is 1. The number of nitrogens with zero attached hydrogens (tertiary/aromatic N) is 2. The highest BCUT2D eigenvalue weighted by Crippen LogP contribution is 2.20. The first-order valence-corrected chi connectivity index (χ1v) is 10.4. The van der Waals surface area contributed by atoms with Gasteiger partial charge in [0.15, 0.2) is 6.04 Å². The van der Waals surface area contributed by atoms with Crippen LogP contribution in [0.4, 0.5) is 4.39 Å². The molecular weight excluding hydrogens is 437 g/mol. The molecule has 3 aromatic carbocycles. The van der Waals surface area contributed by atoms with E-state index in [-0.39, 0.29) is 17.0 Å². The van der Waals surface area contributed by atoms with E-state index in [4.69, 9.17) is 0 Å². The Morgan fingerprint density at radius 2 is 1.59 bits per heavy atom. The second-order valence-corrected chi connectivity index (χ2v) is 7.41. The summed E-state index contributed by atoms with van der Waals surface area (Å²) in [5.74, 6) is -1.72. The molecule has 0 spiro atoms. The number of carbonyl (C=O) groups is 2. The third-order valence-corrected chi connectivity index (χ3v) is 5.17. The number of aromatic nitrogens is 2. The van der Waals surface area contributed by atoms with Gasteiger partial charge in [0.2, 0.25) is 0 Å². The molecule has 0 aliphatic carbocycles. The Labute approximate surface area is 193 Å². The number of hydrogen-bond donors (Lipinski definition) is 3. The van der Waals surface area contributed by atoms with Gasteiger partial charge in [-0.2, -0.15) is 10.2 Å². The minimum Gasteiger partial charge on any atom is -0.335 e. The molecule has 0 aliphatic heterocycles. The molecule has 0 radical (unpaired) electrons. The maximum atomic E-state index is 14.1. The maximum Gasteiger partial charge on any atom is 0.272 e. The van der Waals surface area contributed by atoms with E-state index in [1.807, 2.05) is 0 Å². The Bertz CT molecular complexity index is 1450. The molecule has 1 unspecified atom stereocenters. The first-order valence-electron chi connectivity index (χ1n) is 10.4. The highest BCUT2D eigenvalue weighted by molar-refractivity contribution is 6.01. The third-order valence-electron chi connectivity index (χ3n) is 5.17. The molecule has 0 aliphatic rings. The van der Waals surface area contributed by atoms with E-state index >= 15 is 0 Å². The van der Waals surface area contributed by atoms with Gasteiger partial charge in [0.25, 0.3) is 17.4 Å². The second-order valence-electron chi connectivity index (χ2n) is 7.41. The minimum absolute atomic E-state index is 0.135. The largest absolute Gasteiger partial charge is 0.335 e. The lowest BCUT2D eigenvalue weighted by molar-refractivity contribution is -0.123. The molecule has 0 saturated carbocycles. The summed E-state index contributed by atoms with van der Waals surface area (Å²) >= 11 is 0. The van der Waals surface area contributed by atoms with E-state index in [1.165, 1.54) is 12.1 Å². The van der Waals surface area contributed by atoms with Gasteiger partial charge in [-0.15, -0.1) is 0 Å². The lowest BCUT2D eigenvalue weighted by Crippen LogP contribution is -2.40. The molecule has 34 heavy (non-hydrogen) atoms. The van der Waals surface area contributed by atoms with Crippen LogP contribution in [0.1, 0.15) is 34.6 Å². The Kier molecular flexibility index (Phi) is 6.54. The molecule has 1 aromatic heterocycles. The van der Waals surface area contributed by atoms with Crippen molar-refractivity contribution in [3.63, 3.8) is 0 Å². The number of benzene rings is 3. The van der Waals surface area contributed by atoms with Crippen LogP contribution >= 0.6 is 0 Å². The summed E-state index contributed by atoms with van der Waals surface area (Å²) in [5.41, 5.74) is 2.88. The van der Waals surface area contributed by atoms with E-state index in [0.717, 1.165) is 0 Å². The minimum atomic E-state index is -1.30. The highest BCUT2D eigenvalue weighted by atomic mass is 19.1. The number of carbonyl (C=O) groups excluding carboxylic acids is 2. The average molecular weight is 457 g/mol. The molecule has 170 valence electrons. The molecule has 2 amide bonds. The molecule has 0 fully saturated rings. The number of nitrogens with one attached hydrogen (secondary N) is 3. The lowest BCUT2D eigenvalue weighted by Gasteiger charge is -2.18. The van der Waals surface area contributed by atoms with Gasteiger partial charge in [0.1, 0.15) is 11.5 Å². The van der Waals surface area contributed by atoms with Crippen molar-refractivity contribution < 1.29 is 14.0 Å². The Balaban J connectivity index is 1.71. The molecule has 4 aromatic rings. The molecule has 4 rings (SSSR count). The van der Waals surface area contributed by atoms with Crippen molar-refractivity contribution in [2.45, 2.75) is 13.0 Å². The number of fused-ring (bicyclic) bond motifs is 1. The number of H-pyrrole nitrogens is 1. The Morgan fingerprint density at radius 1 is 0.941 bits per heavy atom. The summed E-state index contributed by atoms with van der Waals surface area (Å²) in [7, 11) is 0. The number of amides is 2. The van der Waals surface area contributed by atoms with Gasteiger partial charge in [0.05, 0.1) is 11.1 Å². The van der Waals surface area contributed by atoms with Crippen molar-refractivity contribution >= 4 is 28.3 Å². The van der Waals surface area contributed by atoms with Crippen molar-refractivity contribution in [2.75, 3.05) is 0 Å². The summed E-state index contributed by atoms with van der Waals surface area (Å²) in [5, 5.41) is 13.8. The SMILES string of the molecule is C/C(=N\NC(=O)C(NC(=O)c1ccccc1)c1n[nH]c(=O)c2ccccc12)c1ccccc1F. The fourth-order valence-corrected chi connectivity index (χ4v) is 3.44. The summed E-state index contributed by atoms with van der Waals surface area (Å²) in [6.07, 6.45) is 0. The Morgan fingerprint density at radius 3 is 2.32 bits per heavy atom. The quantitative estimate of drug-likeness (QED) is 0.305. The summed E-state index contributed by atoms with van der Waals surface area (Å²) in [6.45, 7) is 1.55. The van der Waals surface area contributed by atoms with Crippen LogP contribution in [0.5, 0.6) is 0 Å². The van der Waals surface area contributed by atoms with Crippen molar-refractivity contribution in [3.05, 3.63) is 112 Å². The highest BCUT2D eigenvalue weighted by Gasteiger charge is 2.27. The number of halogens is 1. The van der Waals surface area contributed by atoms with Gasteiger partial charge < -0.3 is 5.32 Å². The first-order chi connectivity index (χ1) is 16.5. The summed E-state index contributed by atoms with van der Waals surface area (Å²) in [4.78, 5) is 38.3. The smallest absolute Gasteiger partial charge is 0.272 e. The van der Waals surface area contributed by atoms with Gasteiger partial charge in [-0.05, 0) is 31.2 Å². The van der Waals surface area contributed by atoms with E-state index in [9.17, 15) is 18.8 Å². The third kappa shape index (κ3) is 4.73. The molecule has 1 heterocycles. The van der Waals surface area contributed by atoms with Crippen LogP contribution in [0, 0.1) is 5.82 Å². The van der Waals surface area contributed by atoms with Crippen molar-refractivity contribution in [3.8, 4) is 0 Å². The molecule has 0 saturated heterocycles.